The first kappa shape index (κ1) is 16.6. The molecule has 24 heavy (non-hydrogen) atoms. The van der Waals surface area contributed by atoms with Crippen LogP contribution < -0.4 is 9.47 Å². The molecule has 0 N–H and O–H groups in total. The largest absolute Gasteiger partial charge is 0.486 e. The van der Waals surface area contributed by atoms with Gasteiger partial charge < -0.3 is 14.2 Å². The molecule has 1 aliphatic heterocycles. The Morgan fingerprint density at radius 1 is 0.917 bits per heavy atom. The predicted molar refractivity (Wildman–Crippen MR) is 88.5 cm³/mol. The number of halogens is 2. The molecule has 0 bridgehead atoms. The molecular formula is C17H12Cl2O5. The summed E-state index contributed by atoms with van der Waals surface area (Å²) in [5.41, 5.74) is 0.554. The molecule has 1 aliphatic rings. The number of rotatable bonds is 4. The highest BCUT2D eigenvalue weighted by molar-refractivity contribution is 6.35. The van der Waals surface area contributed by atoms with E-state index in [0.717, 1.165) is 0 Å². The van der Waals surface area contributed by atoms with E-state index in [9.17, 15) is 9.59 Å². The maximum atomic E-state index is 12.2. The Hall–Kier alpha value is -2.24. The van der Waals surface area contributed by atoms with Crippen molar-refractivity contribution in [2.45, 2.75) is 0 Å². The van der Waals surface area contributed by atoms with Crippen molar-refractivity contribution >= 4 is 35.0 Å². The highest BCUT2D eigenvalue weighted by atomic mass is 35.5. The summed E-state index contributed by atoms with van der Waals surface area (Å²) in [6, 6.07) is 9.16. The molecule has 2 aromatic carbocycles. The number of carbonyl (C=O) groups is 2. The monoisotopic (exact) mass is 366 g/mol. The van der Waals surface area contributed by atoms with Crippen LogP contribution in [0.2, 0.25) is 10.0 Å². The minimum absolute atomic E-state index is 0.183. The van der Waals surface area contributed by atoms with E-state index in [0.29, 0.717) is 40.3 Å². The van der Waals surface area contributed by atoms with Crippen LogP contribution >= 0.6 is 23.2 Å². The number of hydrogen-bond acceptors (Lipinski definition) is 5. The summed E-state index contributed by atoms with van der Waals surface area (Å²) in [5, 5.41) is 0.625. The molecule has 0 amide bonds. The fraction of sp³-hybridized carbons (Fsp3) is 0.176. The van der Waals surface area contributed by atoms with Crippen LogP contribution in [-0.4, -0.2) is 31.6 Å². The Balaban J connectivity index is 1.66. The molecule has 0 fully saturated rings. The Labute approximate surface area is 148 Å². The normalized spacial score (nSPS) is 12.6. The molecule has 0 atom stereocenters. The summed E-state index contributed by atoms with van der Waals surface area (Å²) in [5.74, 6) is 0.0576. The second-order valence-electron chi connectivity index (χ2n) is 5.02. The van der Waals surface area contributed by atoms with Gasteiger partial charge in [0, 0.05) is 15.6 Å². The number of esters is 1. The summed E-state index contributed by atoms with van der Waals surface area (Å²) in [6.45, 7) is 0.498. The number of carbonyl (C=O) groups excluding carboxylic acids is 2. The quantitative estimate of drug-likeness (QED) is 0.608. The fourth-order valence-electron chi connectivity index (χ4n) is 2.19. The number of Topliss-reactive ketones (excluding diaryl/α,β-unsaturated/α-hetero) is 1. The minimum Gasteiger partial charge on any atom is -0.486 e. The Bertz CT molecular complexity index is 783. The standard InChI is InChI=1S/C17H12Cl2O5/c18-12-5-11(6-13(19)8-12)17(21)24-9-14(20)10-1-2-15-16(7-10)23-4-3-22-15/h1-2,5-8H,3-4,9H2. The first-order valence-electron chi connectivity index (χ1n) is 7.09. The van der Waals surface area contributed by atoms with Crippen LogP contribution in [-0.2, 0) is 4.74 Å². The van der Waals surface area contributed by atoms with Crippen molar-refractivity contribution in [1.29, 1.82) is 0 Å². The molecule has 2 aromatic rings. The smallest absolute Gasteiger partial charge is 0.338 e. The van der Waals surface area contributed by atoms with Crippen molar-refractivity contribution in [3.63, 3.8) is 0 Å². The lowest BCUT2D eigenvalue weighted by atomic mass is 10.1. The molecule has 5 nitrogen and oxygen atoms in total. The average Bonchev–Trinajstić information content (AvgIpc) is 2.58. The lowest BCUT2D eigenvalue weighted by Crippen LogP contribution is -2.17. The highest BCUT2D eigenvalue weighted by Crippen LogP contribution is 2.30. The number of ketones is 1. The van der Waals surface area contributed by atoms with Crippen LogP contribution in [0.3, 0.4) is 0 Å². The van der Waals surface area contributed by atoms with E-state index in [4.69, 9.17) is 37.4 Å². The molecule has 0 saturated carbocycles. The van der Waals surface area contributed by atoms with Crippen LogP contribution in [0.5, 0.6) is 11.5 Å². The van der Waals surface area contributed by atoms with E-state index >= 15 is 0 Å². The molecule has 0 spiro atoms. The van der Waals surface area contributed by atoms with Crippen molar-refractivity contribution in [3.05, 3.63) is 57.6 Å². The maximum absolute atomic E-state index is 12.2. The van der Waals surface area contributed by atoms with Crippen LogP contribution in [0.25, 0.3) is 0 Å². The Morgan fingerprint density at radius 2 is 1.58 bits per heavy atom. The van der Waals surface area contributed by atoms with Crippen LogP contribution in [0.4, 0.5) is 0 Å². The molecule has 7 heteroatoms. The van der Waals surface area contributed by atoms with Gasteiger partial charge in [-0.1, -0.05) is 23.2 Å². The first-order valence-corrected chi connectivity index (χ1v) is 7.84. The van der Waals surface area contributed by atoms with E-state index in [-0.39, 0.29) is 11.3 Å². The molecule has 124 valence electrons. The van der Waals surface area contributed by atoms with E-state index in [1.165, 1.54) is 18.2 Å². The Morgan fingerprint density at radius 3 is 2.29 bits per heavy atom. The molecule has 3 rings (SSSR count). The average molecular weight is 367 g/mol. The van der Waals surface area contributed by atoms with Crippen LogP contribution in [0.15, 0.2) is 36.4 Å². The van der Waals surface area contributed by atoms with Gasteiger partial charge in [-0.2, -0.15) is 0 Å². The van der Waals surface area contributed by atoms with Crippen LogP contribution in [0.1, 0.15) is 20.7 Å². The zero-order valence-electron chi connectivity index (χ0n) is 12.4. The first-order chi connectivity index (χ1) is 11.5. The van der Waals surface area contributed by atoms with Gasteiger partial charge in [0.2, 0.25) is 0 Å². The van der Waals surface area contributed by atoms with Gasteiger partial charge in [-0.25, -0.2) is 4.79 Å². The maximum Gasteiger partial charge on any atom is 0.338 e. The molecule has 0 radical (unpaired) electrons. The van der Waals surface area contributed by atoms with Crippen LogP contribution in [0, 0.1) is 0 Å². The van der Waals surface area contributed by atoms with Crippen molar-refractivity contribution in [2.24, 2.45) is 0 Å². The minimum atomic E-state index is -0.676. The third-order valence-corrected chi connectivity index (χ3v) is 3.73. The topological polar surface area (TPSA) is 61.8 Å². The second-order valence-corrected chi connectivity index (χ2v) is 5.89. The van der Waals surface area contributed by atoms with Gasteiger partial charge in [0.1, 0.15) is 13.2 Å². The molecule has 0 unspecified atom stereocenters. The SMILES string of the molecule is O=C(COC(=O)c1cc(Cl)cc(Cl)c1)c1ccc2c(c1)OCCO2. The predicted octanol–water partition coefficient (Wildman–Crippen LogP) is 3.80. The number of ether oxygens (including phenoxy) is 3. The van der Waals surface area contributed by atoms with Crippen molar-refractivity contribution < 1.29 is 23.8 Å². The van der Waals surface area contributed by atoms with Crippen molar-refractivity contribution in [2.75, 3.05) is 19.8 Å². The van der Waals surface area contributed by atoms with Gasteiger partial charge in [-0.15, -0.1) is 0 Å². The molecule has 1 heterocycles. The number of benzene rings is 2. The van der Waals surface area contributed by atoms with E-state index in [2.05, 4.69) is 0 Å². The van der Waals surface area contributed by atoms with Gasteiger partial charge in [0.15, 0.2) is 23.9 Å². The molecule has 0 aromatic heterocycles. The highest BCUT2D eigenvalue weighted by Gasteiger charge is 2.17. The third kappa shape index (κ3) is 3.80. The fourth-order valence-corrected chi connectivity index (χ4v) is 2.71. The number of hydrogen-bond donors (Lipinski definition) is 0. The van der Waals surface area contributed by atoms with Crippen molar-refractivity contribution in [3.8, 4) is 11.5 Å². The lowest BCUT2D eigenvalue weighted by Gasteiger charge is -2.18. The van der Waals surface area contributed by atoms with E-state index in [1.54, 1.807) is 18.2 Å². The van der Waals surface area contributed by atoms with E-state index in [1.807, 2.05) is 0 Å². The molecular weight excluding hydrogens is 355 g/mol. The summed E-state index contributed by atoms with van der Waals surface area (Å²) in [4.78, 5) is 24.2. The summed E-state index contributed by atoms with van der Waals surface area (Å²) in [6.07, 6.45) is 0. The third-order valence-electron chi connectivity index (χ3n) is 3.30. The van der Waals surface area contributed by atoms with Gasteiger partial charge >= 0.3 is 5.97 Å². The van der Waals surface area contributed by atoms with Gasteiger partial charge in [0.25, 0.3) is 0 Å². The zero-order valence-corrected chi connectivity index (χ0v) is 13.9. The summed E-state index contributed by atoms with van der Waals surface area (Å²) < 4.78 is 15.8. The Kier molecular flexibility index (Phi) is 4.92. The van der Waals surface area contributed by atoms with Gasteiger partial charge in [-0.3, -0.25) is 4.79 Å². The molecule has 0 aliphatic carbocycles. The number of fused-ring (bicyclic) bond motifs is 1. The summed E-state index contributed by atoms with van der Waals surface area (Å²) >= 11 is 11.7. The van der Waals surface area contributed by atoms with Gasteiger partial charge in [0.05, 0.1) is 5.56 Å². The lowest BCUT2D eigenvalue weighted by molar-refractivity contribution is 0.0474. The zero-order chi connectivity index (χ0) is 17.1. The summed E-state index contributed by atoms with van der Waals surface area (Å²) in [7, 11) is 0. The van der Waals surface area contributed by atoms with Gasteiger partial charge in [-0.05, 0) is 36.4 Å². The van der Waals surface area contributed by atoms with E-state index < -0.39 is 12.6 Å². The van der Waals surface area contributed by atoms with Crippen molar-refractivity contribution in [1.82, 2.24) is 0 Å². The second kappa shape index (κ2) is 7.11. The molecule has 0 saturated heterocycles.